The molecule has 8 rings (SSSR count). The lowest BCUT2D eigenvalue weighted by Gasteiger charge is -2.07. The average Bonchev–Trinajstić information content (AvgIpc) is 3.59. The Hall–Kier alpha value is -4.73. The van der Waals surface area contributed by atoms with Gasteiger partial charge in [0.2, 0.25) is 5.89 Å². The molecule has 0 N–H and O–H groups in total. The normalized spacial score (nSPS) is 11.7. The van der Waals surface area contributed by atoms with Gasteiger partial charge in [-0.05, 0) is 51.7 Å². The molecule has 38 heavy (non-hydrogen) atoms. The highest BCUT2D eigenvalue weighted by molar-refractivity contribution is 7.26. The molecule has 0 radical (unpaired) electrons. The van der Waals surface area contributed by atoms with Crippen LogP contribution in [0.1, 0.15) is 0 Å². The summed E-state index contributed by atoms with van der Waals surface area (Å²) in [6, 6.07) is 44.9. The predicted molar refractivity (Wildman–Crippen MR) is 161 cm³/mol. The Morgan fingerprint density at radius 1 is 0.500 bits per heavy atom. The van der Waals surface area contributed by atoms with Crippen LogP contribution in [0.3, 0.4) is 0 Å². The minimum atomic E-state index is 0.638. The standard InChI is InChI=1S/C35H21NOS/c1-2-10-25-22(8-1)9-5-13-27(25)29-14-7-16-31-33(29)37-35(36-31)24-20-18-23(19-21-24)26-12-6-15-30-28-11-3-4-17-32(28)38-34(26)30/h1-21H. The summed E-state index contributed by atoms with van der Waals surface area (Å²) < 4.78 is 9.08. The Labute approximate surface area is 223 Å². The summed E-state index contributed by atoms with van der Waals surface area (Å²) in [4.78, 5) is 4.87. The second-order valence-electron chi connectivity index (χ2n) is 9.56. The van der Waals surface area contributed by atoms with Crippen LogP contribution in [0.25, 0.3) is 75.8 Å². The SMILES string of the molecule is c1ccc2c(-c3cccc4nc(-c5ccc(-c6cccc7c6sc6ccccc67)cc5)oc34)cccc2c1. The Kier molecular flexibility index (Phi) is 4.73. The van der Waals surface area contributed by atoms with Crippen LogP contribution >= 0.6 is 11.3 Å². The smallest absolute Gasteiger partial charge is 0.227 e. The summed E-state index contributed by atoms with van der Waals surface area (Å²) >= 11 is 1.86. The molecule has 0 aliphatic carbocycles. The molecule has 2 aromatic heterocycles. The number of aromatic nitrogens is 1. The van der Waals surface area contributed by atoms with E-state index in [-0.39, 0.29) is 0 Å². The molecule has 0 amide bonds. The lowest BCUT2D eigenvalue weighted by atomic mass is 9.98. The van der Waals surface area contributed by atoms with Gasteiger partial charge in [-0.1, -0.05) is 103 Å². The molecule has 0 unspecified atom stereocenters. The summed E-state index contributed by atoms with van der Waals surface area (Å²) in [7, 11) is 0. The molecule has 0 aliphatic rings. The number of oxazole rings is 1. The summed E-state index contributed by atoms with van der Waals surface area (Å²) in [5.41, 5.74) is 7.32. The summed E-state index contributed by atoms with van der Waals surface area (Å²) in [6.45, 7) is 0. The van der Waals surface area contributed by atoms with E-state index in [1.54, 1.807) is 0 Å². The molecule has 178 valence electrons. The lowest BCUT2D eigenvalue weighted by Crippen LogP contribution is -1.82. The topological polar surface area (TPSA) is 26.0 Å². The predicted octanol–water partition coefficient (Wildman–Crippen LogP) is 10.3. The maximum atomic E-state index is 6.44. The number of fused-ring (bicyclic) bond motifs is 5. The molecule has 0 saturated heterocycles. The van der Waals surface area contributed by atoms with Gasteiger partial charge in [0.05, 0.1) is 0 Å². The van der Waals surface area contributed by atoms with Crippen LogP contribution in [0.15, 0.2) is 132 Å². The highest BCUT2D eigenvalue weighted by Gasteiger charge is 2.15. The Bertz CT molecular complexity index is 2130. The number of para-hydroxylation sites is 1. The minimum Gasteiger partial charge on any atom is -0.435 e. The van der Waals surface area contributed by atoms with Crippen LogP contribution in [0.2, 0.25) is 0 Å². The van der Waals surface area contributed by atoms with Crippen molar-refractivity contribution in [3.63, 3.8) is 0 Å². The van der Waals surface area contributed by atoms with Crippen molar-refractivity contribution in [1.82, 2.24) is 4.98 Å². The molecule has 0 spiro atoms. The van der Waals surface area contributed by atoms with Crippen molar-refractivity contribution in [3.8, 4) is 33.7 Å². The average molecular weight is 504 g/mol. The fraction of sp³-hybridized carbons (Fsp3) is 0. The summed E-state index contributed by atoms with van der Waals surface area (Å²) in [5, 5.41) is 5.05. The molecule has 3 heteroatoms. The van der Waals surface area contributed by atoms with E-state index in [4.69, 9.17) is 9.40 Å². The number of rotatable bonds is 3. The third-order valence-corrected chi connectivity index (χ3v) is 8.56. The van der Waals surface area contributed by atoms with Crippen LogP contribution in [0, 0.1) is 0 Å². The van der Waals surface area contributed by atoms with Crippen molar-refractivity contribution in [2.24, 2.45) is 0 Å². The van der Waals surface area contributed by atoms with Crippen LogP contribution in [-0.2, 0) is 0 Å². The van der Waals surface area contributed by atoms with Gasteiger partial charge in [-0.25, -0.2) is 4.98 Å². The van der Waals surface area contributed by atoms with E-state index in [1.165, 1.54) is 42.1 Å². The zero-order valence-corrected chi connectivity index (χ0v) is 21.2. The molecular weight excluding hydrogens is 482 g/mol. The number of hydrogen-bond acceptors (Lipinski definition) is 3. The minimum absolute atomic E-state index is 0.638. The first-order chi connectivity index (χ1) is 18.8. The second kappa shape index (κ2) is 8.41. The van der Waals surface area contributed by atoms with Crippen LogP contribution in [0.4, 0.5) is 0 Å². The Morgan fingerprint density at radius 2 is 1.16 bits per heavy atom. The quantitative estimate of drug-likeness (QED) is 0.240. The second-order valence-corrected chi connectivity index (χ2v) is 10.6. The van der Waals surface area contributed by atoms with E-state index in [1.807, 2.05) is 17.4 Å². The van der Waals surface area contributed by atoms with Gasteiger partial charge in [-0.2, -0.15) is 0 Å². The van der Waals surface area contributed by atoms with E-state index in [2.05, 4.69) is 121 Å². The molecule has 0 atom stereocenters. The lowest BCUT2D eigenvalue weighted by molar-refractivity contribution is 0.621. The third-order valence-electron chi connectivity index (χ3n) is 7.34. The van der Waals surface area contributed by atoms with Gasteiger partial charge in [0.1, 0.15) is 5.52 Å². The maximum absolute atomic E-state index is 6.44. The molecule has 0 saturated carbocycles. The molecule has 0 aliphatic heterocycles. The Morgan fingerprint density at radius 3 is 2.08 bits per heavy atom. The van der Waals surface area contributed by atoms with Crippen LogP contribution < -0.4 is 0 Å². The third kappa shape index (κ3) is 3.29. The molecule has 2 heterocycles. The van der Waals surface area contributed by atoms with Crippen molar-refractivity contribution in [2.75, 3.05) is 0 Å². The van der Waals surface area contributed by atoms with E-state index in [0.717, 1.165) is 27.8 Å². The van der Waals surface area contributed by atoms with Gasteiger partial charge in [0.15, 0.2) is 5.58 Å². The largest absolute Gasteiger partial charge is 0.435 e. The summed E-state index contributed by atoms with van der Waals surface area (Å²) in [5.74, 6) is 0.638. The number of benzene rings is 6. The first-order valence-corrected chi connectivity index (χ1v) is 13.5. The maximum Gasteiger partial charge on any atom is 0.227 e. The van der Waals surface area contributed by atoms with Crippen molar-refractivity contribution < 1.29 is 4.42 Å². The van der Waals surface area contributed by atoms with Crippen molar-refractivity contribution >= 4 is 53.4 Å². The number of nitrogens with zero attached hydrogens (tertiary/aromatic N) is 1. The van der Waals surface area contributed by atoms with E-state index < -0.39 is 0 Å². The fourth-order valence-electron chi connectivity index (χ4n) is 5.51. The number of thiophene rings is 1. The van der Waals surface area contributed by atoms with Crippen molar-refractivity contribution in [2.45, 2.75) is 0 Å². The first kappa shape index (κ1) is 21.4. The van der Waals surface area contributed by atoms with Crippen molar-refractivity contribution in [3.05, 3.63) is 127 Å². The fourth-order valence-corrected chi connectivity index (χ4v) is 6.75. The van der Waals surface area contributed by atoms with E-state index in [9.17, 15) is 0 Å². The van der Waals surface area contributed by atoms with Gasteiger partial charge >= 0.3 is 0 Å². The highest BCUT2D eigenvalue weighted by Crippen LogP contribution is 2.40. The molecule has 2 nitrogen and oxygen atoms in total. The summed E-state index contributed by atoms with van der Waals surface area (Å²) in [6.07, 6.45) is 0. The first-order valence-electron chi connectivity index (χ1n) is 12.7. The molecular formula is C35H21NOS. The monoisotopic (exact) mass is 503 g/mol. The van der Waals surface area contributed by atoms with Crippen molar-refractivity contribution in [1.29, 1.82) is 0 Å². The molecule has 0 bridgehead atoms. The van der Waals surface area contributed by atoms with Gasteiger partial charge in [0, 0.05) is 31.3 Å². The molecule has 8 aromatic rings. The van der Waals surface area contributed by atoms with Gasteiger partial charge in [-0.15, -0.1) is 11.3 Å². The molecule has 6 aromatic carbocycles. The van der Waals surface area contributed by atoms with Gasteiger partial charge < -0.3 is 4.42 Å². The van der Waals surface area contributed by atoms with E-state index in [0.29, 0.717) is 5.89 Å². The van der Waals surface area contributed by atoms with Crippen LogP contribution in [-0.4, -0.2) is 4.98 Å². The van der Waals surface area contributed by atoms with Crippen LogP contribution in [0.5, 0.6) is 0 Å². The zero-order valence-electron chi connectivity index (χ0n) is 20.4. The zero-order chi connectivity index (χ0) is 25.1. The van der Waals surface area contributed by atoms with E-state index >= 15 is 0 Å². The van der Waals surface area contributed by atoms with Gasteiger partial charge in [-0.3, -0.25) is 0 Å². The Balaban J connectivity index is 1.22. The van der Waals surface area contributed by atoms with Gasteiger partial charge in [0.25, 0.3) is 0 Å². The molecule has 0 fully saturated rings. The highest BCUT2D eigenvalue weighted by atomic mass is 32.1. The number of hydrogen-bond donors (Lipinski definition) is 0.